The quantitative estimate of drug-likeness (QED) is 0.684. The third-order valence-corrected chi connectivity index (χ3v) is 7.06. The van der Waals surface area contributed by atoms with Gasteiger partial charge in [0, 0.05) is 8.54 Å². The monoisotopic (exact) mass is 388 g/mol. The highest BCUT2D eigenvalue weighted by molar-refractivity contribution is 7.99. The van der Waals surface area contributed by atoms with Crippen molar-refractivity contribution in [3.63, 3.8) is 0 Å². The number of benzene rings is 1. The Hall–Kier alpha value is -1.82. The van der Waals surface area contributed by atoms with E-state index in [1.165, 1.54) is 68.6 Å². The van der Waals surface area contributed by atoms with Gasteiger partial charge in [0.25, 0.3) is 0 Å². The highest BCUT2D eigenvalue weighted by Gasteiger charge is 2.41. The van der Waals surface area contributed by atoms with E-state index in [0.717, 1.165) is 17.5 Å². The number of rotatable bonds is 5. The first-order valence-electron chi connectivity index (χ1n) is 10.0. The van der Waals surface area contributed by atoms with Gasteiger partial charge in [-0.3, -0.25) is 9.89 Å². The Morgan fingerprint density at radius 1 is 1.33 bits per heavy atom. The van der Waals surface area contributed by atoms with Crippen LogP contribution in [0.15, 0.2) is 35.7 Å². The second-order valence-corrected chi connectivity index (χ2v) is 9.31. The van der Waals surface area contributed by atoms with Crippen LogP contribution in [0.3, 0.4) is 0 Å². The summed E-state index contributed by atoms with van der Waals surface area (Å²) >= 11 is 1.35. The lowest BCUT2D eigenvalue weighted by atomic mass is 9.62. The zero-order valence-corrected chi connectivity index (χ0v) is 16.7. The number of anilines is 1. The Bertz CT molecular complexity index is 771. The lowest BCUT2D eigenvalue weighted by Crippen LogP contribution is -2.35. The molecule has 0 spiro atoms. The summed E-state index contributed by atoms with van der Waals surface area (Å²) in [5, 5.41) is 10.2. The number of hydrogen-bond donors (Lipinski definition) is 2. The van der Waals surface area contributed by atoms with Crippen molar-refractivity contribution in [1.82, 2.24) is 15.2 Å². The Morgan fingerprint density at radius 3 is 2.96 bits per heavy atom. The van der Waals surface area contributed by atoms with E-state index < -0.39 is 0 Å². The van der Waals surface area contributed by atoms with E-state index in [9.17, 15) is 4.79 Å². The molecule has 2 fully saturated rings. The van der Waals surface area contributed by atoms with E-state index in [2.05, 4.69) is 51.7 Å². The molecule has 3 unspecified atom stereocenters. The van der Waals surface area contributed by atoms with Crippen molar-refractivity contribution >= 4 is 23.4 Å². The first-order chi connectivity index (χ1) is 13.1. The van der Waals surface area contributed by atoms with Crippen molar-refractivity contribution in [2.45, 2.75) is 62.4 Å². The fourth-order valence-corrected chi connectivity index (χ4v) is 5.82. The summed E-state index contributed by atoms with van der Waals surface area (Å²) in [6.45, 7) is 2.42. The second kappa shape index (κ2) is 8.05. The van der Waals surface area contributed by atoms with E-state index >= 15 is 0 Å². The molecule has 1 aromatic carbocycles. The smallest absolute Gasteiger partial charge is 0.234 e. The zero-order chi connectivity index (χ0) is 18.7. The average molecular weight is 389 g/mol. The molecule has 1 aromatic heterocycles. The second-order valence-electron chi connectivity index (χ2n) is 8.35. The van der Waals surface area contributed by atoms with Crippen molar-refractivity contribution in [1.29, 1.82) is 0 Å². The van der Waals surface area contributed by atoms with Gasteiger partial charge in [-0.2, -0.15) is 5.10 Å². The number of nitrogens with one attached hydrogen (secondary N) is 2. The molecule has 27 heavy (non-hydrogen) atoms. The van der Waals surface area contributed by atoms with E-state index in [1.807, 2.05) is 0 Å². The fraction of sp³-hybridized carbons (Fsp3) is 0.571. The fourth-order valence-electron chi connectivity index (χ4n) is 5.24. The number of hydrogen-bond acceptors (Lipinski definition) is 4. The molecule has 4 rings (SSSR count). The summed E-state index contributed by atoms with van der Waals surface area (Å²) in [7, 11) is 0. The number of carbonyl (C=O) groups is 1. The molecule has 148 valence electrons. The van der Waals surface area contributed by atoms with Crippen LogP contribution in [0.1, 0.15) is 60.3 Å². The lowest BCUT2D eigenvalue weighted by molar-refractivity contribution is -0.113. The van der Waals surface area contributed by atoms with Gasteiger partial charge < -0.3 is 5.32 Å². The van der Waals surface area contributed by atoms with Gasteiger partial charge >= 0.3 is 0 Å². The molecule has 2 aliphatic carbocycles. The van der Waals surface area contributed by atoms with Crippen LogP contribution in [0.4, 0.5) is 5.69 Å². The number of nitrogens with zero attached hydrogens (tertiary/aromatic N) is 2. The van der Waals surface area contributed by atoms with Gasteiger partial charge in [0.05, 0.1) is 5.75 Å². The van der Waals surface area contributed by atoms with Crippen LogP contribution in [-0.4, -0.2) is 26.8 Å². The topological polar surface area (TPSA) is 70.7 Å². The minimum Gasteiger partial charge on any atom is -0.325 e. The Labute approximate surface area is 168 Å². The maximum atomic E-state index is 12.2. The van der Waals surface area contributed by atoms with Gasteiger partial charge in [-0.25, -0.2) is 4.98 Å². The van der Waals surface area contributed by atoms with Crippen LogP contribution in [0.5, 0.6) is 0 Å². The van der Waals surface area contributed by atoms with Crippen LogP contribution in [0.25, 0.3) is 0 Å². The molecule has 2 saturated carbocycles. The molecule has 3 atom stereocenters. The number of aromatic nitrogens is 3. The van der Waals surface area contributed by atoms with Crippen LogP contribution in [-0.2, 0) is 10.2 Å². The molecular weight excluding hydrogens is 356 g/mol. The summed E-state index contributed by atoms with van der Waals surface area (Å²) in [5.41, 5.74) is 2.69. The van der Waals surface area contributed by atoms with E-state index in [-0.39, 0.29) is 8.76 Å². The normalized spacial score (nSPS) is 27.7. The number of amides is 1. The maximum absolute atomic E-state index is 12.2. The largest absolute Gasteiger partial charge is 0.325 e. The molecule has 2 aromatic rings. The highest BCUT2D eigenvalue weighted by Crippen LogP contribution is 2.51. The molecule has 0 aliphatic heterocycles. The number of aromatic amines is 1. The minimum atomic E-state index is -0.0249. The number of carbonyl (C=O) groups excluding carboxylic acids is 1. The summed E-state index contributed by atoms with van der Waals surface area (Å²) in [6.07, 6.45) is 11.0. The molecule has 0 radical (unpaired) electrons. The zero-order valence-electron chi connectivity index (χ0n) is 15.9. The molecular formula is C21H32N4OS. The SMILES string of the molecule is CC1CC2CCCCC(c3ccc(NC(=O)CSc4ncn[nH]4)cc3)(C1)C2.[HH].[HH]. The lowest BCUT2D eigenvalue weighted by Gasteiger charge is -2.43. The highest BCUT2D eigenvalue weighted by atomic mass is 32.2. The Morgan fingerprint density at radius 2 is 2.19 bits per heavy atom. The number of H-pyrrole nitrogens is 1. The van der Waals surface area contributed by atoms with Crippen LogP contribution in [0, 0.1) is 11.8 Å². The Balaban J connectivity index is 0.00000150. The standard InChI is InChI=1S/C21H28N4OS.2H2/c1-15-10-16-4-2-3-9-21(11-15,12-16)17-5-7-18(8-6-17)24-19(26)13-27-20-22-14-23-25-20;;/h5-8,14-16H,2-4,9-13H2,1H3,(H,24,26)(H,22,23,25);2*1H. The number of fused-ring (bicyclic) bond motifs is 2. The molecule has 6 heteroatoms. The summed E-state index contributed by atoms with van der Waals surface area (Å²) in [6, 6.07) is 8.64. The van der Waals surface area contributed by atoms with E-state index in [1.54, 1.807) is 0 Å². The summed E-state index contributed by atoms with van der Waals surface area (Å²) in [4.78, 5) is 16.2. The van der Waals surface area contributed by atoms with Crippen LogP contribution < -0.4 is 5.32 Å². The van der Waals surface area contributed by atoms with Crippen LogP contribution >= 0.6 is 11.8 Å². The van der Waals surface area contributed by atoms with Crippen molar-refractivity contribution in [2.24, 2.45) is 11.8 Å². The van der Waals surface area contributed by atoms with Crippen LogP contribution in [0.2, 0.25) is 0 Å². The molecule has 1 amide bonds. The maximum Gasteiger partial charge on any atom is 0.234 e. The predicted octanol–water partition coefficient (Wildman–Crippen LogP) is 5.28. The minimum absolute atomic E-state index is 0. The van der Waals surface area contributed by atoms with Crippen molar-refractivity contribution in [2.75, 3.05) is 11.1 Å². The number of thioether (sulfide) groups is 1. The van der Waals surface area contributed by atoms with Crippen molar-refractivity contribution in [3.05, 3.63) is 36.2 Å². The molecule has 2 N–H and O–H groups in total. The van der Waals surface area contributed by atoms with E-state index in [0.29, 0.717) is 16.3 Å². The predicted molar refractivity (Wildman–Crippen MR) is 113 cm³/mol. The van der Waals surface area contributed by atoms with Gasteiger partial charge in [0.2, 0.25) is 5.91 Å². The molecule has 1 heterocycles. The van der Waals surface area contributed by atoms with Crippen molar-refractivity contribution in [3.8, 4) is 0 Å². The first-order valence-corrected chi connectivity index (χ1v) is 11.0. The van der Waals surface area contributed by atoms with Gasteiger partial charge in [-0.15, -0.1) is 0 Å². The third-order valence-electron chi connectivity index (χ3n) is 6.19. The van der Waals surface area contributed by atoms with Crippen molar-refractivity contribution < 1.29 is 7.65 Å². The summed E-state index contributed by atoms with van der Waals surface area (Å²) < 4.78 is 0. The van der Waals surface area contributed by atoms with Gasteiger partial charge in [-0.05, 0) is 60.6 Å². The van der Waals surface area contributed by atoms with E-state index in [4.69, 9.17) is 0 Å². The summed E-state index contributed by atoms with van der Waals surface area (Å²) in [5.74, 6) is 2.00. The molecule has 2 aliphatic rings. The van der Waals surface area contributed by atoms with Gasteiger partial charge in [0.15, 0.2) is 5.16 Å². The average Bonchev–Trinajstić information content (AvgIpc) is 3.12. The molecule has 2 bridgehead atoms. The molecule has 5 nitrogen and oxygen atoms in total. The molecule has 0 saturated heterocycles. The first kappa shape index (κ1) is 18.5. The Kier molecular flexibility index (Phi) is 5.53. The van der Waals surface area contributed by atoms with Gasteiger partial charge in [0.1, 0.15) is 6.33 Å². The third kappa shape index (κ3) is 4.37. The van der Waals surface area contributed by atoms with Gasteiger partial charge in [-0.1, -0.05) is 50.1 Å².